The molecule has 11 heavy (non-hydrogen) atoms. The van der Waals surface area contributed by atoms with Crippen molar-refractivity contribution in [2.45, 2.75) is 25.8 Å². The van der Waals surface area contributed by atoms with Crippen LogP contribution in [0, 0.1) is 0 Å². The molecule has 0 bridgehead atoms. The second-order valence-electron chi connectivity index (χ2n) is 2.84. The third-order valence-electron chi connectivity index (χ3n) is 1.82. The summed E-state index contributed by atoms with van der Waals surface area (Å²) in [7, 11) is 1.97. The number of aliphatic imine (C=N–C) groups is 1. The number of hydrazine groups is 1. The van der Waals surface area contributed by atoms with Gasteiger partial charge in [0, 0.05) is 13.6 Å². The monoisotopic (exact) mass is 156 g/mol. The van der Waals surface area contributed by atoms with E-state index >= 15 is 0 Å². The van der Waals surface area contributed by atoms with Crippen LogP contribution in [0.25, 0.3) is 0 Å². The summed E-state index contributed by atoms with van der Waals surface area (Å²) in [6, 6.07) is 0.523. The van der Waals surface area contributed by atoms with Gasteiger partial charge < -0.3 is 4.90 Å². The summed E-state index contributed by atoms with van der Waals surface area (Å²) in [4.78, 5) is 6.38. The number of guanidine groups is 1. The van der Waals surface area contributed by atoms with Gasteiger partial charge in [0.2, 0.25) is 5.96 Å². The van der Waals surface area contributed by atoms with E-state index in [0.29, 0.717) is 6.04 Å². The minimum absolute atomic E-state index is 0.523. The molecule has 0 heterocycles. The molecule has 0 amide bonds. The highest BCUT2D eigenvalue weighted by molar-refractivity contribution is 5.79. The van der Waals surface area contributed by atoms with Crippen LogP contribution in [0.5, 0.6) is 0 Å². The SMILES string of the molecule is CCN(C)C(=NC1CC1)NN. The van der Waals surface area contributed by atoms with E-state index in [0.717, 1.165) is 12.5 Å². The van der Waals surface area contributed by atoms with Crippen molar-refractivity contribution >= 4 is 5.96 Å². The van der Waals surface area contributed by atoms with Gasteiger partial charge in [0.15, 0.2) is 0 Å². The maximum Gasteiger partial charge on any atom is 0.208 e. The fourth-order valence-electron chi connectivity index (χ4n) is 0.772. The van der Waals surface area contributed by atoms with Crippen LogP contribution < -0.4 is 11.3 Å². The van der Waals surface area contributed by atoms with Crippen molar-refractivity contribution < 1.29 is 0 Å². The lowest BCUT2D eigenvalue weighted by Gasteiger charge is -2.17. The highest BCUT2D eigenvalue weighted by Crippen LogP contribution is 2.23. The number of nitrogens with zero attached hydrogens (tertiary/aromatic N) is 2. The number of rotatable bonds is 2. The van der Waals surface area contributed by atoms with Crippen molar-refractivity contribution in [1.29, 1.82) is 0 Å². The lowest BCUT2D eigenvalue weighted by Crippen LogP contribution is -2.42. The van der Waals surface area contributed by atoms with Crippen molar-refractivity contribution in [2.75, 3.05) is 13.6 Å². The standard InChI is InChI=1S/C7H16N4/c1-3-11(2)7(10-8)9-6-4-5-6/h6H,3-5,8H2,1-2H3,(H,9,10). The lowest BCUT2D eigenvalue weighted by molar-refractivity contribution is 0.508. The number of hydrogen-bond acceptors (Lipinski definition) is 2. The molecule has 4 heteroatoms. The van der Waals surface area contributed by atoms with Crippen LogP contribution in [-0.2, 0) is 0 Å². The van der Waals surface area contributed by atoms with Gasteiger partial charge in [-0.2, -0.15) is 0 Å². The molecule has 1 aliphatic rings. The van der Waals surface area contributed by atoms with Gasteiger partial charge in [-0.3, -0.25) is 5.43 Å². The highest BCUT2D eigenvalue weighted by atomic mass is 15.4. The summed E-state index contributed by atoms with van der Waals surface area (Å²) in [5.74, 6) is 6.10. The van der Waals surface area contributed by atoms with Gasteiger partial charge in [0.1, 0.15) is 0 Å². The Kier molecular flexibility index (Phi) is 2.70. The van der Waals surface area contributed by atoms with Crippen LogP contribution in [-0.4, -0.2) is 30.5 Å². The number of nitrogens with one attached hydrogen (secondary N) is 1. The molecule has 1 fully saturated rings. The maximum absolute atomic E-state index is 5.30. The largest absolute Gasteiger partial charge is 0.345 e. The minimum atomic E-state index is 0.523. The molecule has 0 aromatic heterocycles. The lowest BCUT2D eigenvalue weighted by atomic mass is 10.6. The van der Waals surface area contributed by atoms with Crippen molar-refractivity contribution in [3.05, 3.63) is 0 Å². The first kappa shape index (κ1) is 8.33. The zero-order valence-electron chi connectivity index (χ0n) is 7.17. The van der Waals surface area contributed by atoms with Crippen molar-refractivity contribution in [1.82, 2.24) is 10.3 Å². The van der Waals surface area contributed by atoms with Gasteiger partial charge in [0.25, 0.3) is 0 Å². The van der Waals surface area contributed by atoms with E-state index in [4.69, 9.17) is 5.84 Å². The summed E-state index contributed by atoms with van der Waals surface area (Å²) in [6.45, 7) is 3.00. The predicted octanol–water partition coefficient (Wildman–Crippen LogP) is -0.0802. The van der Waals surface area contributed by atoms with Crippen LogP contribution in [0.4, 0.5) is 0 Å². The molecule has 1 rings (SSSR count). The topological polar surface area (TPSA) is 53.6 Å². The molecule has 1 saturated carbocycles. The molecule has 4 nitrogen and oxygen atoms in total. The molecule has 64 valence electrons. The fraction of sp³-hybridized carbons (Fsp3) is 0.857. The molecule has 0 unspecified atom stereocenters. The Labute approximate surface area is 67.4 Å². The van der Waals surface area contributed by atoms with Crippen LogP contribution in [0.15, 0.2) is 4.99 Å². The van der Waals surface area contributed by atoms with Crippen molar-refractivity contribution in [3.8, 4) is 0 Å². The first-order chi connectivity index (χ1) is 5.27. The van der Waals surface area contributed by atoms with E-state index < -0.39 is 0 Å². The molecule has 0 aromatic rings. The molecule has 0 atom stereocenters. The number of hydrogen-bond donors (Lipinski definition) is 2. The summed E-state index contributed by atoms with van der Waals surface area (Å²) >= 11 is 0. The molecule has 0 spiro atoms. The normalized spacial score (nSPS) is 18.3. The van der Waals surface area contributed by atoms with Gasteiger partial charge in [0.05, 0.1) is 6.04 Å². The van der Waals surface area contributed by atoms with E-state index in [-0.39, 0.29) is 0 Å². The molecule has 0 radical (unpaired) electrons. The van der Waals surface area contributed by atoms with Crippen LogP contribution >= 0.6 is 0 Å². The molecular formula is C7H16N4. The Morgan fingerprint density at radius 2 is 2.36 bits per heavy atom. The van der Waals surface area contributed by atoms with E-state index in [1.165, 1.54) is 12.8 Å². The van der Waals surface area contributed by atoms with Crippen LogP contribution in [0.2, 0.25) is 0 Å². The zero-order valence-corrected chi connectivity index (χ0v) is 7.17. The van der Waals surface area contributed by atoms with Gasteiger partial charge in [-0.25, -0.2) is 10.8 Å². The quantitative estimate of drug-likeness (QED) is 0.254. The molecule has 0 saturated heterocycles. The second kappa shape index (κ2) is 3.57. The molecular weight excluding hydrogens is 140 g/mol. The van der Waals surface area contributed by atoms with Crippen molar-refractivity contribution in [3.63, 3.8) is 0 Å². The van der Waals surface area contributed by atoms with Gasteiger partial charge in [-0.15, -0.1) is 0 Å². The zero-order chi connectivity index (χ0) is 8.27. The first-order valence-corrected chi connectivity index (χ1v) is 4.03. The van der Waals surface area contributed by atoms with E-state index in [2.05, 4.69) is 17.3 Å². The Hall–Kier alpha value is -0.770. The van der Waals surface area contributed by atoms with Crippen LogP contribution in [0.1, 0.15) is 19.8 Å². The highest BCUT2D eigenvalue weighted by Gasteiger charge is 2.21. The summed E-state index contributed by atoms with van der Waals surface area (Å²) in [5, 5.41) is 0. The summed E-state index contributed by atoms with van der Waals surface area (Å²) in [5.41, 5.74) is 2.60. The fourth-order valence-corrected chi connectivity index (χ4v) is 0.772. The Morgan fingerprint density at radius 3 is 2.73 bits per heavy atom. The summed E-state index contributed by atoms with van der Waals surface area (Å²) in [6.07, 6.45) is 2.42. The molecule has 0 aromatic carbocycles. The van der Waals surface area contributed by atoms with E-state index in [1.54, 1.807) is 0 Å². The van der Waals surface area contributed by atoms with Crippen molar-refractivity contribution in [2.24, 2.45) is 10.8 Å². The third-order valence-corrected chi connectivity index (χ3v) is 1.82. The molecule has 3 N–H and O–H groups in total. The van der Waals surface area contributed by atoms with E-state index in [9.17, 15) is 0 Å². The number of nitrogens with two attached hydrogens (primary N) is 1. The Balaban J connectivity index is 2.45. The third kappa shape index (κ3) is 2.38. The minimum Gasteiger partial charge on any atom is -0.345 e. The van der Waals surface area contributed by atoms with Crippen LogP contribution in [0.3, 0.4) is 0 Å². The average molecular weight is 156 g/mol. The summed E-state index contributed by atoms with van der Waals surface area (Å²) < 4.78 is 0. The maximum atomic E-state index is 5.30. The van der Waals surface area contributed by atoms with Gasteiger partial charge >= 0.3 is 0 Å². The van der Waals surface area contributed by atoms with Gasteiger partial charge in [-0.1, -0.05) is 0 Å². The molecule has 1 aliphatic carbocycles. The average Bonchev–Trinajstić information content (AvgIpc) is 2.82. The smallest absolute Gasteiger partial charge is 0.208 e. The second-order valence-corrected chi connectivity index (χ2v) is 2.84. The first-order valence-electron chi connectivity index (χ1n) is 4.03. The predicted molar refractivity (Wildman–Crippen MR) is 46.1 cm³/mol. The molecule has 0 aliphatic heterocycles. The Morgan fingerprint density at radius 1 is 1.73 bits per heavy atom. The van der Waals surface area contributed by atoms with Gasteiger partial charge in [-0.05, 0) is 19.8 Å². The Bertz CT molecular complexity index is 151. The van der Waals surface area contributed by atoms with E-state index in [1.807, 2.05) is 11.9 Å².